The predicted octanol–water partition coefficient (Wildman–Crippen LogP) is 3.93. The van der Waals surface area contributed by atoms with Crippen LogP contribution < -0.4 is 5.09 Å². The van der Waals surface area contributed by atoms with Gasteiger partial charge in [0.05, 0.1) is 12.9 Å². The molecule has 3 nitrogen and oxygen atoms in total. The quantitative estimate of drug-likeness (QED) is 0.778. The van der Waals surface area contributed by atoms with E-state index in [9.17, 15) is 0 Å². The summed E-state index contributed by atoms with van der Waals surface area (Å²) in [4.78, 5) is 0. The fourth-order valence-electron chi connectivity index (χ4n) is 2.67. The number of nitrogens with zero attached hydrogens (tertiary/aromatic N) is 2. The zero-order valence-electron chi connectivity index (χ0n) is 12.5. The Morgan fingerprint density at radius 2 is 1.88 bits per heavy atom. The van der Waals surface area contributed by atoms with Crippen LogP contribution in [0, 0.1) is 0 Å². The lowest BCUT2D eigenvalue weighted by Gasteiger charge is -2.45. The van der Waals surface area contributed by atoms with Gasteiger partial charge in [-0.25, -0.2) is 0 Å². The Balaban J connectivity index is 3.20. The molecule has 4 heteroatoms. The molecule has 0 aromatic heterocycles. The van der Waals surface area contributed by atoms with Gasteiger partial charge >= 0.3 is 0 Å². The Bertz CT molecular complexity index is 290. The molecule has 0 saturated carbocycles. The van der Waals surface area contributed by atoms with Crippen molar-refractivity contribution < 1.29 is 0 Å². The average Bonchev–Trinajstić information content (AvgIpc) is 2.22. The van der Waals surface area contributed by atoms with Gasteiger partial charge in [-0.3, -0.25) is 14.5 Å². The van der Waals surface area contributed by atoms with E-state index in [4.69, 9.17) is 4.74 Å². The third kappa shape index (κ3) is 3.56. The molecule has 1 fully saturated rings. The number of rotatable bonds is 3. The van der Waals surface area contributed by atoms with E-state index in [-0.39, 0.29) is 5.54 Å². The van der Waals surface area contributed by atoms with Gasteiger partial charge in [0, 0.05) is 25.3 Å². The molecule has 1 aliphatic rings. The van der Waals surface area contributed by atoms with E-state index in [1.165, 1.54) is 12.8 Å². The van der Waals surface area contributed by atoms with Gasteiger partial charge in [0.2, 0.25) is 0 Å². The molecule has 0 aliphatic carbocycles. The Morgan fingerprint density at radius 3 is 2.29 bits per heavy atom. The second-order valence-electron chi connectivity index (χ2n) is 5.96. The van der Waals surface area contributed by atoms with Crippen molar-refractivity contribution in [3.63, 3.8) is 0 Å². The van der Waals surface area contributed by atoms with Crippen molar-refractivity contribution in [3.8, 4) is 0 Å². The molecule has 1 N–H and O–H groups in total. The van der Waals surface area contributed by atoms with Crippen LogP contribution in [0.25, 0.3) is 0 Å². The molecule has 0 amide bonds. The van der Waals surface area contributed by atoms with Crippen LogP contribution in [0.4, 0.5) is 0 Å². The summed E-state index contributed by atoms with van der Waals surface area (Å²) in [6.07, 6.45) is 2.61. The van der Waals surface area contributed by atoms with Crippen molar-refractivity contribution in [3.05, 3.63) is 0 Å². The maximum absolute atomic E-state index is 5.25. The van der Waals surface area contributed by atoms with E-state index in [2.05, 4.69) is 51.3 Å². The molecule has 1 heterocycles. The smallest absolute Gasteiger partial charge is 0.0976 e. The van der Waals surface area contributed by atoms with Crippen LogP contribution in [0.1, 0.15) is 54.4 Å². The number of hydrogen-bond acceptors (Lipinski definition) is 1. The molecule has 0 aromatic carbocycles. The second-order valence-corrected chi connectivity index (χ2v) is 9.22. The molecule has 0 aromatic rings. The first-order chi connectivity index (χ1) is 7.85. The molecule has 0 radical (unpaired) electrons. The molecule has 1 rings (SSSR count). The zero-order chi connectivity index (χ0) is 13.1. The Hall–Kier alpha value is 0.150. The van der Waals surface area contributed by atoms with Crippen molar-refractivity contribution in [2.75, 3.05) is 19.6 Å². The fourth-order valence-corrected chi connectivity index (χ4v) is 6.94. The van der Waals surface area contributed by atoms with Gasteiger partial charge in [-0.2, -0.15) is 0 Å². The predicted molar refractivity (Wildman–Crippen MR) is 78.7 cm³/mol. The summed E-state index contributed by atoms with van der Waals surface area (Å²) >= 11 is 0. The van der Waals surface area contributed by atoms with Crippen molar-refractivity contribution in [1.29, 1.82) is 0 Å². The second kappa shape index (κ2) is 5.86. The Morgan fingerprint density at radius 1 is 1.29 bits per heavy atom. The fraction of sp³-hybridized carbons (Fsp3) is 1.00. The van der Waals surface area contributed by atoms with Gasteiger partial charge in [-0.15, -0.1) is 0 Å². The maximum Gasteiger partial charge on any atom is 0.0976 e. The lowest BCUT2D eigenvalue weighted by molar-refractivity contribution is 0.457. The van der Waals surface area contributed by atoms with Crippen LogP contribution in [0.15, 0.2) is 4.74 Å². The first-order valence-corrected chi connectivity index (χ1v) is 8.75. The molecule has 0 bridgehead atoms. The van der Waals surface area contributed by atoms with Gasteiger partial charge in [-0.1, -0.05) is 20.8 Å². The summed E-state index contributed by atoms with van der Waals surface area (Å²) in [5, 5.41) is 3.81. The molecule has 2 unspecified atom stereocenters. The first-order valence-electron chi connectivity index (χ1n) is 6.99. The Labute approximate surface area is 108 Å². The molecule has 0 spiro atoms. The molecular weight excluding hydrogens is 229 g/mol. The lowest BCUT2D eigenvalue weighted by atomic mass is 10.1. The van der Waals surface area contributed by atoms with Gasteiger partial charge in [-0.05, 0) is 33.6 Å². The van der Waals surface area contributed by atoms with Crippen LogP contribution in [0.2, 0.25) is 0 Å². The molecule has 102 valence electrons. The molecular formula is C13H30N3P. The Kier molecular flexibility index (Phi) is 5.24. The van der Waals surface area contributed by atoms with E-state index in [0.29, 0.717) is 5.66 Å². The summed E-state index contributed by atoms with van der Waals surface area (Å²) in [6.45, 7) is 16.9. The van der Waals surface area contributed by atoms with Gasteiger partial charge < -0.3 is 0 Å². The maximum atomic E-state index is 5.25. The summed E-state index contributed by atoms with van der Waals surface area (Å²) in [5.74, 6) is 0. The average molecular weight is 259 g/mol. The van der Waals surface area contributed by atoms with Gasteiger partial charge in [0.1, 0.15) is 0 Å². The molecule has 17 heavy (non-hydrogen) atoms. The minimum atomic E-state index is -1.50. The highest BCUT2D eigenvalue weighted by Gasteiger charge is 2.35. The van der Waals surface area contributed by atoms with Crippen LogP contribution in [-0.2, 0) is 0 Å². The molecule has 2 atom stereocenters. The first kappa shape index (κ1) is 15.2. The SMILES string of the molecule is CCN(CC)P1(=NC(C)(C)C)NCCCC1C. The summed E-state index contributed by atoms with van der Waals surface area (Å²) in [5.41, 5.74) is 0.741. The highest BCUT2D eigenvalue weighted by atomic mass is 31.2. The topological polar surface area (TPSA) is 27.6 Å². The molecule has 1 saturated heterocycles. The van der Waals surface area contributed by atoms with Crippen LogP contribution in [-0.4, -0.2) is 35.5 Å². The van der Waals surface area contributed by atoms with E-state index >= 15 is 0 Å². The minimum absolute atomic E-state index is 0.0506. The van der Waals surface area contributed by atoms with Crippen molar-refractivity contribution in [1.82, 2.24) is 9.76 Å². The third-order valence-corrected chi connectivity index (χ3v) is 7.88. The van der Waals surface area contributed by atoms with E-state index in [1.54, 1.807) is 0 Å². The summed E-state index contributed by atoms with van der Waals surface area (Å²) < 4.78 is 7.83. The van der Waals surface area contributed by atoms with Crippen molar-refractivity contribution in [2.24, 2.45) is 4.74 Å². The van der Waals surface area contributed by atoms with E-state index in [1.807, 2.05) is 0 Å². The largest absolute Gasteiger partial charge is 0.271 e. The minimum Gasteiger partial charge on any atom is -0.271 e. The summed E-state index contributed by atoms with van der Waals surface area (Å²) in [7, 11) is -1.50. The molecule has 1 aliphatic heterocycles. The number of hydrogen-bond donors (Lipinski definition) is 1. The van der Waals surface area contributed by atoms with Crippen molar-refractivity contribution in [2.45, 2.75) is 65.6 Å². The highest BCUT2D eigenvalue weighted by Crippen LogP contribution is 2.58. The van der Waals surface area contributed by atoms with Gasteiger partial charge in [0.15, 0.2) is 0 Å². The number of nitrogens with one attached hydrogen (secondary N) is 1. The van der Waals surface area contributed by atoms with Crippen LogP contribution >= 0.6 is 7.36 Å². The lowest BCUT2D eigenvalue weighted by Crippen LogP contribution is -2.38. The zero-order valence-corrected chi connectivity index (χ0v) is 13.3. The van der Waals surface area contributed by atoms with Crippen LogP contribution in [0.3, 0.4) is 0 Å². The van der Waals surface area contributed by atoms with Crippen molar-refractivity contribution >= 4 is 7.36 Å². The highest BCUT2D eigenvalue weighted by molar-refractivity contribution is 7.62. The summed E-state index contributed by atoms with van der Waals surface area (Å²) in [6, 6.07) is 0. The normalized spacial score (nSPS) is 30.6. The monoisotopic (exact) mass is 259 g/mol. The van der Waals surface area contributed by atoms with E-state index in [0.717, 1.165) is 19.6 Å². The van der Waals surface area contributed by atoms with Gasteiger partial charge in [0.25, 0.3) is 0 Å². The third-order valence-electron chi connectivity index (χ3n) is 3.37. The van der Waals surface area contributed by atoms with Crippen LogP contribution in [0.5, 0.6) is 0 Å². The van der Waals surface area contributed by atoms with E-state index < -0.39 is 7.36 Å². The standard InChI is InChI=1S/C13H30N3P/c1-7-16(8-2)17(15-13(4,5)6)12(3)10-9-11-14-17/h12,14H,7-11H2,1-6H3.